The summed E-state index contributed by atoms with van der Waals surface area (Å²) in [6.07, 6.45) is 0.773. The van der Waals surface area contributed by atoms with Gasteiger partial charge in [0.2, 0.25) is 5.91 Å². The third-order valence-corrected chi connectivity index (χ3v) is 1.79. The van der Waals surface area contributed by atoms with Gasteiger partial charge in [-0.05, 0) is 6.92 Å². The SMILES string of the molecule is CCOC(=O)CCN1NCCC1=O. The molecule has 0 aliphatic carbocycles. The van der Waals surface area contributed by atoms with Gasteiger partial charge < -0.3 is 4.74 Å². The van der Waals surface area contributed by atoms with E-state index in [2.05, 4.69) is 5.43 Å². The second-order valence-corrected chi connectivity index (χ2v) is 2.76. The topological polar surface area (TPSA) is 58.6 Å². The van der Waals surface area contributed by atoms with Crippen molar-refractivity contribution in [2.45, 2.75) is 19.8 Å². The van der Waals surface area contributed by atoms with Gasteiger partial charge >= 0.3 is 5.97 Å². The molecule has 74 valence electrons. The average molecular weight is 186 g/mol. The zero-order valence-corrected chi connectivity index (χ0v) is 7.71. The number of ether oxygens (including phenoxy) is 1. The maximum Gasteiger partial charge on any atom is 0.307 e. The predicted molar refractivity (Wildman–Crippen MR) is 45.6 cm³/mol. The van der Waals surface area contributed by atoms with E-state index in [0.29, 0.717) is 26.1 Å². The lowest BCUT2D eigenvalue weighted by Gasteiger charge is -2.14. The van der Waals surface area contributed by atoms with E-state index in [-0.39, 0.29) is 18.3 Å². The van der Waals surface area contributed by atoms with E-state index in [1.165, 1.54) is 5.01 Å². The Hall–Kier alpha value is -1.10. The molecule has 1 heterocycles. The molecule has 1 rings (SSSR count). The summed E-state index contributed by atoms with van der Waals surface area (Å²) in [5, 5.41) is 1.47. The summed E-state index contributed by atoms with van der Waals surface area (Å²) in [5.41, 5.74) is 2.88. The molecule has 1 aliphatic rings. The molecular weight excluding hydrogens is 172 g/mol. The monoisotopic (exact) mass is 186 g/mol. The van der Waals surface area contributed by atoms with Gasteiger partial charge in [0.25, 0.3) is 0 Å². The molecule has 0 atom stereocenters. The fourth-order valence-electron chi connectivity index (χ4n) is 1.16. The van der Waals surface area contributed by atoms with Crippen LogP contribution in [-0.2, 0) is 14.3 Å². The number of hydrogen-bond acceptors (Lipinski definition) is 4. The molecule has 1 fully saturated rings. The normalized spacial score (nSPS) is 16.4. The standard InChI is InChI=1S/C8H14N2O3/c1-2-13-8(12)4-6-10-7(11)3-5-9-10/h9H,2-6H2,1H3. The van der Waals surface area contributed by atoms with Crippen molar-refractivity contribution in [3.63, 3.8) is 0 Å². The molecule has 0 saturated carbocycles. The lowest BCUT2D eigenvalue weighted by atomic mass is 10.4. The minimum atomic E-state index is -0.260. The zero-order valence-electron chi connectivity index (χ0n) is 7.71. The first-order valence-corrected chi connectivity index (χ1v) is 4.43. The summed E-state index contributed by atoms with van der Waals surface area (Å²) in [7, 11) is 0. The highest BCUT2D eigenvalue weighted by Crippen LogP contribution is 2.00. The number of carbonyl (C=O) groups is 2. The van der Waals surface area contributed by atoms with E-state index in [9.17, 15) is 9.59 Å². The van der Waals surface area contributed by atoms with Crippen molar-refractivity contribution in [2.75, 3.05) is 19.7 Å². The van der Waals surface area contributed by atoms with Crippen molar-refractivity contribution in [2.24, 2.45) is 0 Å². The van der Waals surface area contributed by atoms with Crippen LogP contribution in [0.25, 0.3) is 0 Å². The Balaban J connectivity index is 2.18. The Morgan fingerprint density at radius 2 is 2.46 bits per heavy atom. The molecule has 0 aromatic carbocycles. The molecule has 0 bridgehead atoms. The molecule has 0 aromatic heterocycles. The molecule has 1 N–H and O–H groups in total. The van der Waals surface area contributed by atoms with Crippen LogP contribution < -0.4 is 5.43 Å². The molecule has 13 heavy (non-hydrogen) atoms. The van der Waals surface area contributed by atoms with E-state index >= 15 is 0 Å². The smallest absolute Gasteiger partial charge is 0.307 e. The van der Waals surface area contributed by atoms with Crippen molar-refractivity contribution in [1.29, 1.82) is 0 Å². The first-order chi connectivity index (χ1) is 6.24. The number of nitrogens with one attached hydrogen (secondary N) is 1. The van der Waals surface area contributed by atoms with Crippen LogP contribution in [0.5, 0.6) is 0 Å². The second-order valence-electron chi connectivity index (χ2n) is 2.76. The molecule has 0 aromatic rings. The van der Waals surface area contributed by atoms with Crippen LogP contribution in [0.15, 0.2) is 0 Å². The third kappa shape index (κ3) is 3.02. The largest absolute Gasteiger partial charge is 0.466 e. The molecule has 1 amide bonds. The Kier molecular flexibility index (Phi) is 3.70. The van der Waals surface area contributed by atoms with Crippen LogP contribution >= 0.6 is 0 Å². The summed E-state index contributed by atoms with van der Waals surface area (Å²) in [6, 6.07) is 0. The Morgan fingerprint density at radius 1 is 1.69 bits per heavy atom. The highest BCUT2D eigenvalue weighted by Gasteiger charge is 2.20. The predicted octanol–water partition coefficient (Wildman–Crippen LogP) is -0.324. The lowest BCUT2D eigenvalue weighted by Crippen LogP contribution is -2.36. The number of hydrazine groups is 1. The third-order valence-electron chi connectivity index (χ3n) is 1.79. The summed E-state index contributed by atoms with van der Waals surface area (Å²) >= 11 is 0. The Morgan fingerprint density at radius 3 is 3.00 bits per heavy atom. The van der Waals surface area contributed by atoms with Crippen molar-refractivity contribution in [1.82, 2.24) is 10.4 Å². The Labute approximate surface area is 77.0 Å². The highest BCUT2D eigenvalue weighted by molar-refractivity contribution is 5.78. The molecule has 1 saturated heterocycles. The summed E-state index contributed by atoms with van der Waals surface area (Å²) in [4.78, 5) is 22.0. The van der Waals surface area contributed by atoms with Crippen LogP contribution in [-0.4, -0.2) is 36.6 Å². The van der Waals surface area contributed by atoms with E-state index in [1.807, 2.05) is 0 Å². The molecule has 0 unspecified atom stereocenters. The molecule has 0 radical (unpaired) electrons. The Bertz CT molecular complexity index is 206. The number of rotatable bonds is 4. The van der Waals surface area contributed by atoms with Gasteiger partial charge in [0.15, 0.2) is 0 Å². The average Bonchev–Trinajstić information content (AvgIpc) is 2.48. The first kappa shape index (κ1) is 9.98. The van der Waals surface area contributed by atoms with Gasteiger partial charge in [-0.25, -0.2) is 5.43 Å². The highest BCUT2D eigenvalue weighted by atomic mass is 16.5. The summed E-state index contributed by atoms with van der Waals surface area (Å²) < 4.78 is 4.73. The number of amides is 1. The van der Waals surface area contributed by atoms with Crippen LogP contribution in [0.4, 0.5) is 0 Å². The van der Waals surface area contributed by atoms with Crippen LogP contribution in [0.3, 0.4) is 0 Å². The number of esters is 1. The molecule has 0 spiro atoms. The number of carbonyl (C=O) groups excluding carboxylic acids is 2. The van der Waals surface area contributed by atoms with Gasteiger partial charge in [0.1, 0.15) is 0 Å². The van der Waals surface area contributed by atoms with Gasteiger partial charge in [-0.1, -0.05) is 0 Å². The first-order valence-electron chi connectivity index (χ1n) is 4.43. The van der Waals surface area contributed by atoms with E-state index in [4.69, 9.17) is 4.74 Å². The summed E-state index contributed by atoms with van der Waals surface area (Å²) in [5.74, 6) is -0.215. The fourth-order valence-corrected chi connectivity index (χ4v) is 1.16. The minimum Gasteiger partial charge on any atom is -0.466 e. The van der Waals surface area contributed by atoms with Gasteiger partial charge in [-0.3, -0.25) is 14.6 Å². The number of hydrogen-bond donors (Lipinski definition) is 1. The summed E-state index contributed by atoms with van der Waals surface area (Å²) in [6.45, 7) is 3.22. The van der Waals surface area contributed by atoms with Crippen LogP contribution in [0, 0.1) is 0 Å². The molecular formula is C8H14N2O3. The quantitative estimate of drug-likeness (QED) is 0.611. The van der Waals surface area contributed by atoms with Crippen molar-refractivity contribution in [3.05, 3.63) is 0 Å². The molecule has 5 heteroatoms. The minimum absolute atomic E-state index is 0.0456. The van der Waals surface area contributed by atoms with Crippen LogP contribution in [0.2, 0.25) is 0 Å². The van der Waals surface area contributed by atoms with Gasteiger partial charge in [0.05, 0.1) is 13.0 Å². The molecule has 5 nitrogen and oxygen atoms in total. The van der Waals surface area contributed by atoms with Gasteiger partial charge in [-0.15, -0.1) is 0 Å². The van der Waals surface area contributed by atoms with E-state index in [0.717, 1.165) is 0 Å². The zero-order chi connectivity index (χ0) is 9.68. The van der Waals surface area contributed by atoms with E-state index < -0.39 is 0 Å². The van der Waals surface area contributed by atoms with E-state index in [1.54, 1.807) is 6.92 Å². The van der Waals surface area contributed by atoms with Gasteiger partial charge in [-0.2, -0.15) is 0 Å². The molecule has 1 aliphatic heterocycles. The van der Waals surface area contributed by atoms with Crippen molar-refractivity contribution in [3.8, 4) is 0 Å². The lowest BCUT2D eigenvalue weighted by molar-refractivity contribution is -0.144. The van der Waals surface area contributed by atoms with Crippen molar-refractivity contribution < 1.29 is 14.3 Å². The fraction of sp³-hybridized carbons (Fsp3) is 0.750. The van der Waals surface area contributed by atoms with Crippen LogP contribution in [0.1, 0.15) is 19.8 Å². The number of nitrogens with zero attached hydrogens (tertiary/aromatic N) is 1. The maximum absolute atomic E-state index is 11.1. The second kappa shape index (κ2) is 4.81. The van der Waals surface area contributed by atoms with Crippen molar-refractivity contribution >= 4 is 11.9 Å². The maximum atomic E-state index is 11.1. The van der Waals surface area contributed by atoms with Gasteiger partial charge in [0, 0.05) is 19.5 Å².